The molecular weight excluding hydrogens is 288 g/mol. The van der Waals surface area contributed by atoms with Crippen LogP contribution in [0.1, 0.15) is 18.9 Å². The normalized spacial score (nSPS) is 20.0. The summed E-state index contributed by atoms with van der Waals surface area (Å²) in [7, 11) is 1.87. The Labute approximate surface area is 131 Å². The molecule has 5 heteroatoms. The second-order valence-corrected chi connectivity index (χ2v) is 6.05. The van der Waals surface area contributed by atoms with E-state index in [1.807, 2.05) is 36.2 Å². The second-order valence-electron chi connectivity index (χ2n) is 5.61. The molecule has 0 aliphatic carbocycles. The molecule has 1 N–H and O–H groups in total. The molecule has 0 radical (unpaired) electrons. The highest BCUT2D eigenvalue weighted by atomic mass is 35.5. The van der Waals surface area contributed by atoms with E-state index in [-0.39, 0.29) is 18.0 Å². The Morgan fingerprint density at radius 1 is 1.48 bits per heavy atom. The predicted molar refractivity (Wildman–Crippen MR) is 84.6 cm³/mol. The van der Waals surface area contributed by atoms with Crippen molar-refractivity contribution in [2.75, 3.05) is 26.8 Å². The number of hydrogen-bond donors (Lipinski definition) is 1. The molecular formula is C16H23ClN2O2. The third kappa shape index (κ3) is 4.99. The van der Waals surface area contributed by atoms with Crippen molar-refractivity contribution < 1.29 is 9.53 Å². The number of morpholine rings is 1. The van der Waals surface area contributed by atoms with Gasteiger partial charge in [0.05, 0.1) is 13.2 Å². The number of ether oxygens (including phenoxy) is 1. The summed E-state index contributed by atoms with van der Waals surface area (Å²) >= 11 is 5.89. The lowest BCUT2D eigenvalue weighted by molar-refractivity contribution is -0.132. The molecule has 0 aromatic heterocycles. The lowest BCUT2D eigenvalue weighted by Gasteiger charge is -2.29. The highest BCUT2D eigenvalue weighted by Gasteiger charge is 2.22. The van der Waals surface area contributed by atoms with Crippen LogP contribution in [0.25, 0.3) is 0 Å². The number of hydrogen-bond acceptors (Lipinski definition) is 3. The standard InChI is InChI=1S/C16H23ClN2O2/c1-12(9-13-3-5-14(17)6-4-13)19(2)16(20)10-15-11-21-8-7-18-15/h3-6,12,15,18H,7-11H2,1-2H3. The van der Waals surface area contributed by atoms with E-state index in [1.54, 1.807) is 0 Å². The van der Waals surface area contributed by atoms with Gasteiger partial charge in [-0.1, -0.05) is 23.7 Å². The van der Waals surface area contributed by atoms with E-state index >= 15 is 0 Å². The maximum Gasteiger partial charge on any atom is 0.224 e. The third-order valence-electron chi connectivity index (χ3n) is 3.92. The van der Waals surface area contributed by atoms with Gasteiger partial charge in [0.2, 0.25) is 5.91 Å². The maximum atomic E-state index is 12.3. The topological polar surface area (TPSA) is 41.6 Å². The summed E-state index contributed by atoms with van der Waals surface area (Å²) in [6.07, 6.45) is 1.31. The Kier molecular flexibility index (Phi) is 6.03. The van der Waals surface area contributed by atoms with Crippen molar-refractivity contribution in [1.82, 2.24) is 10.2 Å². The minimum Gasteiger partial charge on any atom is -0.378 e. The Bertz CT molecular complexity index is 458. The highest BCUT2D eigenvalue weighted by Crippen LogP contribution is 2.13. The minimum absolute atomic E-state index is 0.136. The number of carbonyl (C=O) groups excluding carboxylic acids is 1. The summed E-state index contributed by atoms with van der Waals surface area (Å²) in [5.74, 6) is 0.152. The van der Waals surface area contributed by atoms with Gasteiger partial charge >= 0.3 is 0 Å². The van der Waals surface area contributed by atoms with E-state index in [0.29, 0.717) is 13.0 Å². The van der Waals surface area contributed by atoms with E-state index in [2.05, 4.69) is 12.2 Å². The zero-order valence-corrected chi connectivity index (χ0v) is 13.4. The summed E-state index contributed by atoms with van der Waals surface area (Å²) in [5.41, 5.74) is 1.19. The first-order valence-corrected chi connectivity index (χ1v) is 7.75. The van der Waals surface area contributed by atoms with Gasteiger partial charge in [0, 0.05) is 37.1 Å². The van der Waals surface area contributed by atoms with Gasteiger partial charge in [-0.15, -0.1) is 0 Å². The second kappa shape index (κ2) is 7.78. The minimum atomic E-state index is 0.136. The highest BCUT2D eigenvalue weighted by molar-refractivity contribution is 6.30. The molecule has 2 atom stereocenters. The number of nitrogens with one attached hydrogen (secondary N) is 1. The molecule has 1 aromatic rings. The molecule has 1 heterocycles. The van der Waals surface area contributed by atoms with Crippen molar-refractivity contribution in [2.45, 2.75) is 31.8 Å². The van der Waals surface area contributed by atoms with E-state index in [4.69, 9.17) is 16.3 Å². The van der Waals surface area contributed by atoms with Crippen molar-refractivity contribution in [1.29, 1.82) is 0 Å². The molecule has 1 aliphatic rings. The first-order chi connectivity index (χ1) is 10.1. The first kappa shape index (κ1) is 16.3. The van der Waals surface area contributed by atoms with Crippen LogP contribution in [0.15, 0.2) is 24.3 Å². The monoisotopic (exact) mass is 310 g/mol. The lowest BCUT2D eigenvalue weighted by Crippen LogP contribution is -2.46. The van der Waals surface area contributed by atoms with Crippen LogP contribution in [0.3, 0.4) is 0 Å². The van der Waals surface area contributed by atoms with Gasteiger partial charge in [-0.2, -0.15) is 0 Å². The Balaban J connectivity index is 1.84. The molecule has 0 bridgehead atoms. The Morgan fingerprint density at radius 2 is 2.19 bits per heavy atom. The van der Waals surface area contributed by atoms with Gasteiger partial charge in [-0.25, -0.2) is 0 Å². The molecule has 1 fully saturated rings. The van der Waals surface area contributed by atoms with Crippen LogP contribution in [-0.2, 0) is 16.0 Å². The van der Waals surface area contributed by atoms with Gasteiger partial charge in [0.15, 0.2) is 0 Å². The molecule has 0 saturated carbocycles. The zero-order chi connectivity index (χ0) is 15.2. The van der Waals surface area contributed by atoms with Gasteiger partial charge in [0.25, 0.3) is 0 Å². The van der Waals surface area contributed by atoms with Crippen molar-refractivity contribution >= 4 is 17.5 Å². The lowest BCUT2D eigenvalue weighted by atomic mass is 10.1. The fraction of sp³-hybridized carbons (Fsp3) is 0.562. The van der Waals surface area contributed by atoms with Crippen molar-refractivity contribution in [2.24, 2.45) is 0 Å². The zero-order valence-electron chi connectivity index (χ0n) is 12.6. The molecule has 1 aromatic carbocycles. The van der Waals surface area contributed by atoms with Crippen LogP contribution in [0, 0.1) is 0 Å². The summed E-state index contributed by atoms with van der Waals surface area (Å²) < 4.78 is 5.38. The third-order valence-corrected chi connectivity index (χ3v) is 4.17. The number of carbonyl (C=O) groups is 1. The number of nitrogens with zero attached hydrogens (tertiary/aromatic N) is 1. The average molecular weight is 311 g/mol. The first-order valence-electron chi connectivity index (χ1n) is 7.37. The van der Waals surface area contributed by atoms with Crippen LogP contribution in [-0.4, -0.2) is 49.7 Å². The SMILES string of the molecule is CC(Cc1ccc(Cl)cc1)N(C)C(=O)CC1COCCN1. The maximum absolute atomic E-state index is 12.3. The van der Waals surface area contributed by atoms with Gasteiger partial charge in [-0.05, 0) is 31.0 Å². The van der Waals surface area contributed by atoms with Gasteiger partial charge in [0.1, 0.15) is 0 Å². The van der Waals surface area contributed by atoms with Crippen molar-refractivity contribution in [3.05, 3.63) is 34.9 Å². The largest absolute Gasteiger partial charge is 0.378 e. The Morgan fingerprint density at radius 3 is 2.81 bits per heavy atom. The van der Waals surface area contributed by atoms with Crippen LogP contribution >= 0.6 is 11.6 Å². The molecule has 1 saturated heterocycles. The molecule has 0 spiro atoms. The van der Waals surface area contributed by atoms with E-state index < -0.39 is 0 Å². The quantitative estimate of drug-likeness (QED) is 0.905. The number of likely N-dealkylation sites (N-methyl/N-ethyl adjacent to an activating group) is 1. The van der Waals surface area contributed by atoms with Gasteiger partial charge in [-0.3, -0.25) is 4.79 Å². The number of rotatable bonds is 5. The summed E-state index contributed by atoms with van der Waals surface area (Å²) in [5, 5.41) is 4.05. The molecule has 1 aliphatic heterocycles. The molecule has 2 rings (SSSR count). The summed E-state index contributed by atoms with van der Waals surface area (Å²) in [6.45, 7) is 4.23. The smallest absolute Gasteiger partial charge is 0.224 e. The molecule has 1 amide bonds. The summed E-state index contributed by atoms with van der Waals surface area (Å²) in [6, 6.07) is 8.07. The number of benzene rings is 1. The fourth-order valence-electron chi connectivity index (χ4n) is 2.45. The van der Waals surface area contributed by atoms with Gasteiger partial charge < -0.3 is 15.0 Å². The predicted octanol–water partition coefficient (Wildman–Crippen LogP) is 2.11. The molecule has 2 unspecified atom stereocenters. The van der Waals surface area contributed by atoms with Crippen LogP contribution in [0.5, 0.6) is 0 Å². The van der Waals surface area contributed by atoms with E-state index in [1.165, 1.54) is 5.56 Å². The Hall–Kier alpha value is -1.10. The van der Waals surface area contributed by atoms with Crippen LogP contribution in [0.2, 0.25) is 5.02 Å². The van der Waals surface area contributed by atoms with Crippen LogP contribution in [0.4, 0.5) is 0 Å². The number of halogens is 1. The average Bonchev–Trinajstić information content (AvgIpc) is 2.49. The molecule has 21 heavy (non-hydrogen) atoms. The summed E-state index contributed by atoms with van der Waals surface area (Å²) in [4.78, 5) is 14.1. The van der Waals surface area contributed by atoms with Crippen LogP contribution < -0.4 is 5.32 Å². The fourth-order valence-corrected chi connectivity index (χ4v) is 2.58. The van der Waals surface area contributed by atoms with Crippen molar-refractivity contribution in [3.63, 3.8) is 0 Å². The van der Waals surface area contributed by atoms with E-state index in [0.717, 1.165) is 24.6 Å². The molecule has 4 nitrogen and oxygen atoms in total. The molecule has 116 valence electrons. The van der Waals surface area contributed by atoms with Crippen molar-refractivity contribution in [3.8, 4) is 0 Å². The number of amides is 1. The van der Waals surface area contributed by atoms with E-state index in [9.17, 15) is 4.79 Å².